The number of likely N-dealkylation sites (tertiary alicyclic amines) is 1. The third kappa shape index (κ3) is 4.67. The average molecular weight is 341 g/mol. The van der Waals surface area contributed by atoms with Gasteiger partial charge in [0.1, 0.15) is 0 Å². The molecule has 0 saturated carbocycles. The van der Waals surface area contributed by atoms with Crippen molar-refractivity contribution < 1.29 is 14.9 Å². The first-order chi connectivity index (χ1) is 12.1. The van der Waals surface area contributed by atoms with E-state index in [2.05, 4.69) is 17.0 Å². The Labute approximate surface area is 149 Å². The Morgan fingerprint density at radius 3 is 2.20 bits per heavy atom. The van der Waals surface area contributed by atoms with Crippen LogP contribution in [0.25, 0.3) is 0 Å². The van der Waals surface area contributed by atoms with Gasteiger partial charge in [-0.15, -0.1) is 0 Å². The molecule has 3 rings (SSSR count). The molecule has 2 unspecified atom stereocenters. The van der Waals surface area contributed by atoms with E-state index in [9.17, 15) is 10.2 Å². The van der Waals surface area contributed by atoms with Crippen molar-refractivity contribution in [1.82, 2.24) is 4.90 Å². The van der Waals surface area contributed by atoms with Crippen LogP contribution in [0, 0.1) is 5.92 Å². The van der Waals surface area contributed by atoms with Gasteiger partial charge in [0.2, 0.25) is 0 Å². The lowest BCUT2D eigenvalue weighted by Gasteiger charge is -2.44. The highest BCUT2D eigenvalue weighted by molar-refractivity contribution is 5.15. The zero-order chi connectivity index (χ0) is 17.6. The molecule has 1 saturated heterocycles. The summed E-state index contributed by atoms with van der Waals surface area (Å²) in [5, 5.41) is 20.5. The highest BCUT2D eigenvalue weighted by Gasteiger charge is 2.39. The monoisotopic (exact) mass is 341 g/mol. The second-order valence-electron chi connectivity index (χ2n) is 6.90. The van der Waals surface area contributed by atoms with Crippen molar-refractivity contribution in [2.75, 3.05) is 13.2 Å². The molecule has 2 N–H and O–H groups in total. The Morgan fingerprint density at radius 1 is 0.960 bits per heavy atom. The largest absolute Gasteiger partial charge is 0.390 e. The highest BCUT2D eigenvalue weighted by Crippen LogP contribution is 2.26. The van der Waals surface area contributed by atoms with E-state index >= 15 is 0 Å². The van der Waals surface area contributed by atoms with Crippen LogP contribution in [0.1, 0.15) is 18.1 Å². The zero-order valence-corrected chi connectivity index (χ0v) is 14.7. The first-order valence-electron chi connectivity index (χ1n) is 8.91. The Kier molecular flexibility index (Phi) is 6.21. The predicted molar refractivity (Wildman–Crippen MR) is 97.9 cm³/mol. The van der Waals surface area contributed by atoms with E-state index in [1.807, 2.05) is 55.5 Å². The molecule has 1 aliphatic rings. The third-order valence-electron chi connectivity index (χ3n) is 5.06. The normalized spacial score (nSPS) is 27.3. The Hall–Kier alpha value is -1.72. The van der Waals surface area contributed by atoms with Crippen molar-refractivity contribution in [3.05, 3.63) is 71.8 Å². The maximum absolute atomic E-state index is 10.3. The van der Waals surface area contributed by atoms with E-state index in [0.717, 1.165) is 12.1 Å². The molecule has 0 radical (unpaired) electrons. The van der Waals surface area contributed by atoms with Crippen molar-refractivity contribution in [2.45, 2.75) is 38.3 Å². The van der Waals surface area contributed by atoms with Gasteiger partial charge in [0, 0.05) is 25.0 Å². The van der Waals surface area contributed by atoms with Crippen LogP contribution in [0.2, 0.25) is 0 Å². The summed E-state index contributed by atoms with van der Waals surface area (Å²) in [4.78, 5) is 2.22. The van der Waals surface area contributed by atoms with Crippen LogP contribution in [-0.2, 0) is 17.9 Å². The molecular formula is C21H27NO3. The molecule has 4 nitrogen and oxygen atoms in total. The molecule has 0 aliphatic carbocycles. The highest BCUT2D eigenvalue weighted by atomic mass is 16.5. The standard InChI is InChI=1S/C21H27NO3/c1-16-19(15-25-14-18-10-6-3-7-11-18)22(13-20(23)21(16)24)12-17-8-4-2-5-9-17/h2-11,16,19-21,23-24H,12-15H2,1H3/t16?,19?,20-,21+/m1/s1. The molecular weight excluding hydrogens is 314 g/mol. The fourth-order valence-corrected chi connectivity index (χ4v) is 3.52. The number of piperidine rings is 1. The summed E-state index contributed by atoms with van der Waals surface area (Å²) in [6.45, 7) is 4.28. The van der Waals surface area contributed by atoms with Gasteiger partial charge in [-0.1, -0.05) is 67.6 Å². The van der Waals surface area contributed by atoms with Gasteiger partial charge in [-0.2, -0.15) is 0 Å². The second kappa shape index (κ2) is 8.59. The minimum atomic E-state index is -0.718. The van der Waals surface area contributed by atoms with Crippen molar-refractivity contribution >= 4 is 0 Å². The number of ether oxygens (including phenoxy) is 1. The molecule has 1 aliphatic heterocycles. The Bertz CT molecular complexity index is 634. The number of nitrogens with zero attached hydrogens (tertiary/aromatic N) is 1. The minimum absolute atomic E-state index is 0.0526. The van der Waals surface area contributed by atoms with Crippen molar-refractivity contribution in [1.29, 1.82) is 0 Å². The molecule has 2 aromatic rings. The molecule has 1 heterocycles. The van der Waals surface area contributed by atoms with E-state index < -0.39 is 12.2 Å². The fourth-order valence-electron chi connectivity index (χ4n) is 3.52. The van der Waals surface area contributed by atoms with E-state index in [1.54, 1.807) is 0 Å². The fraction of sp³-hybridized carbons (Fsp3) is 0.429. The van der Waals surface area contributed by atoms with Crippen LogP contribution < -0.4 is 0 Å². The van der Waals surface area contributed by atoms with Crippen LogP contribution in [-0.4, -0.2) is 46.5 Å². The summed E-state index contributed by atoms with van der Waals surface area (Å²) in [6, 6.07) is 20.4. The lowest BCUT2D eigenvalue weighted by atomic mass is 9.86. The first-order valence-corrected chi connectivity index (χ1v) is 8.91. The van der Waals surface area contributed by atoms with Gasteiger partial charge in [-0.05, 0) is 11.1 Å². The number of β-amino-alcohol motifs (C(OH)–C–C–N with tert-alkyl or cyclic N) is 1. The number of rotatable bonds is 6. The van der Waals surface area contributed by atoms with Crippen LogP contribution in [0.4, 0.5) is 0 Å². The van der Waals surface area contributed by atoms with E-state index in [-0.39, 0.29) is 12.0 Å². The number of hydrogen-bond acceptors (Lipinski definition) is 4. The number of benzene rings is 2. The molecule has 0 spiro atoms. The third-order valence-corrected chi connectivity index (χ3v) is 5.06. The van der Waals surface area contributed by atoms with Crippen molar-refractivity contribution in [3.8, 4) is 0 Å². The molecule has 1 fully saturated rings. The molecule has 0 aromatic heterocycles. The summed E-state index contributed by atoms with van der Waals surface area (Å²) in [5.41, 5.74) is 2.34. The maximum atomic E-state index is 10.3. The van der Waals surface area contributed by atoms with Crippen LogP contribution in [0.3, 0.4) is 0 Å². The molecule has 2 aromatic carbocycles. The Balaban J connectivity index is 1.65. The van der Waals surface area contributed by atoms with E-state index in [0.29, 0.717) is 19.8 Å². The maximum Gasteiger partial charge on any atom is 0.0929 e. The van der Waals surface area contributed by atoms with E-state index in [1.165, 1.54) is 5.56 Å². The number of hydrogen-bond donors (Lipinski definition) is 2. The van der Waals surface area contributed by atoms with Crippen LogP contribution in [0.15, 0.2) is 60.7 Å². The molecule has 4 atom stereocenters. The van der Waals surface area contributed by atoms with Gasteiger partial charge in [0.25, 0.3) is 0 Å². The van der Waals surface area contributed by atoms with Gasteiger partial charge in [0.15, 0.2) is 0 Å². The number of aliphatic hydroxyl groups is 2. The first kappa shape index (κ1) is 18.1. The topological polar surface area (TPSA) is 52.9 Å². The van der Waals surface area contributed by atoms with Gasteiger partial charge in [0.05, 0.1) is 25.4 Å². The lowest BCUT2D eigenvalue weighted by Crippen LogP contribution is -2.58. The predicted octanol–water partition coefficient (Wildman–Crippen LogP) is 2.45. The molecule has 25 heavy (non-hydrogen) atoms. The van der Waals surface area contributed by atoms with Crippen LogP contribution in [0.5, 0.6) is 0 Å². The van der Waals surface area contributed by atoms with Crippen molar-refractivity contribution in [2.24, 2.45) is 5.92 Å². The lowest BCUT2D eigenvalue weighted by molar-refractivity contribution is -0.115. The quantitative estimate of drug-likeness (QED) is 0.847. The molecule has 0 bridgehead atoms. The second-order valence-corrected chi connectivity index (χ2v) is 6.90. The zero-order valence-electron chi connectivity index (χ0n) is 14.7. The molecule has 4 heteroatoms. The minimum Gasteiger partial charge on any atom is -0.390 e. The SMILES string of the molecule is CC1C(COCc2ccccc2)N(Cc2ccccc2)C[C@@H](O)[C@H]1O. The summed E-state index contributed by atoms with van der Waals surface area (Å²) in [5.74, 6) is -0.0526. The molecule has 0 amide bonds. The van der Waals surface area contributed by atoms with Gasteiger partial charge in [-0.25, -0.2) is 0 Å². The number of aliphatic hydroxyl groups excluding tert-OH is 2. The average Bonchev–Trinajstić information content (AvgIpc) is 2.64. The summed E-state index contributed by atoms with van der Waals surface area (Å²) >= 11 is 0. The van der Waals surface area contributed by atoms with Crippen LogP contribution >= 0.6 is 0 Å². The summed E-state index contributed by atoms with van der Waals surface area (Å²) in [7, 11) is 0. The molecule has 134 valence electrons. The smallest absolute Gasteiger partial charge is 0.0929 e. The van der Waals surface area contributed by atoms with Gasteiger partial charge in [-0.3, -0.25) is 4.90 Å². The summed E-state index contributed by atoms with van der Waals surface area (Å²) < 4.78 is 5.95. The van der Waals surface area contributed by atoms with E-state index in [4.69, 9.17) is 4.74 Å². The van der Waals surface area contributed by atoms with Gasteiger partial charge < -0.3 is 14.9 Å². The Morgan fingerprint density at radius 2 is 1.56 bits per heavy atom. The summed E-state index contributed by atoms with van der Waals surface area (Å²) in [6.07, 6.45) is -1.43. The van der Waals surface area contributed by atoms with Gasteiger partial charge >= 0.3 is 0 Å². The van der Waals surface area contributed by atoms with Crippen molar-refractivity contribution in [3.63, 3.8) is 0 Å².